The van der Waals surface area contributed by atoms with E-state index in [-0.39, 0.29) is 18.3 Å². The average Bonchev–Trinajstić information content (AvgIpc) is 2.68. The standard InChI is InChI=1S/C9H13NO3/c10-3-1-4-11-8-6-13-7-2-5-12-9(7)8/h7-9H,1-2,4-6H2. The number of fused-ring (bicyclic) bond motifs is 1. The van der Waals surface area contributed by atoms with Gasteiger partial charge in [-0.2, -0.15) is 5.26 Å². The molecule has 72 valence electrons. The topological polar surface area (TPSA) is 51.5 Å². The minimum atomic E-state index is 0.0425. The summed E-state index contributed by atoms with van der Waals surface area (Å²) in [7, 11) is 0. The summed E-state index contributed by atoms with van der Waals surface area (Å²) in [4.78, 5) is 0. The minimum absolute atomic E-state index is 0.0425. The first-order chi connectivity index (χ1) is 6.42. The molecule has 0 saturated carbocycles. The highest BCUT2D eigenvalue weighted by Crippen LogP contribution is 2.28. The Morgan fingerprint density at radius 1 is 1.46 bits per heavy atom. The van der Waals surface area contributed by atoms with E-state index in [4.69, 9.17) is 19.5 Å². The summed E-state index contributed by atoms with van der Waals surface area (Å²) < 4.78 is 16.5. The van der Waals surface area contributed by atoms with Crippen molar-refractivity contribution < 1.29 is 14.2 Å². The molecule has 0 amide bonds. The Balaban J connectivity index is 1.77. The van der Waals surface area contributed by atoms with Gasteiger partial charge in [0, 0.05) is 6.61 Å². The summed E-state index contributed by atoms with van der Waals surface area (Å²) in [5, 5.41) is 8.34. The molecule has 0 aromatic rings. The molecule has 0 radical (unpaired) electrons. The molecule has 0 spiro atoms. The Morgan fingerprint density at radius 2 is 2.38 bits per heavy atom. The summed E-state index contributed by atoms with van der Waals surface area (Å²) in [6.07, 6.45) is 1.79. The summed E-state index contributed by atoms with van der Waals surface area (Å²) in [6.45, 7) is 1.87. The molecule has 2 saturated heterocycles. The predicted molar refractivity (Wildman–Crippen MR) is 44.1 cm³/mol. The zero-order valence-electron chi connectivity index (χ0n) is 7.44. The molecule has 2 aliphatic heterocycles. The molecule has 4 nitrogen and oxygen atoms in total. The normalized spacial score (nSPS) is 37.3. The van der Waals surface area contributed by atoms with Crippen molar-refractivity contribution in [2.45, 2.75) is 31.2 Å². The second-order valence-corrected chi connectivity index (χ2v) is 3.31. The fourth-order valence-corrected chi connectivity index (χ4v) is 1.83. The second-order valence-electron chi connectivity index (χ2n) is 3.31. The quantitative estimate of drug-likeness (QED) is 0.597. The lowest BCUT2D eigenvalue weighted by Gasteiger charge is -2.15. The highest BCUT2D eigenvalue weighted by molar-refractivity contribution is 4.89. The van der Waals surface area contributed by atoms with Crippen molar-refractivity contribution in [1.29, 1.82) is 5.26 Å². The van der Waals surface area contributed by atoms with Crippen molar-refractivity contribution in [3.8, 4) is 6.07 Å². The number of ether oxygens (including phenoxy) is 3. The summed E-state index contributed by atoms with van der Waals surface area (Å²) in [6, 6.07) is 2.04. The minimum Gasteiger partial charge on any atom is -0.373 e. The van der Waals surface area contributed by atoms with Gasteiger partial charge in [-0.15, -0.1) is 0 Å². The molecular weight excluding hydrogens is 170 g/mol. The fourth-order valence-electron chi connectivity index (χ4n) is 1.83. The van der Waals surface area contributed by atoms with Gasteiger partial charge in [-0.3, -0.25) is 0 Å². The lowest BCUT2D eigenvalue weighted by atomic mass is 10.1. The van der Waals surface area contributed by atoms with Gasteiger partial charge in [-0.05, 0) is 6.42 Å². The van der Waals surface area contributed by atoms with Crippen LogP contribution in [0.4, 0.5) is 0 Å². The maximum atomic E-state index is 8.34. The van der Waals surface area contributed by atoms with E-state index in [0.717, 1.165) is 13.0 Å². The molecule has 4 heteroatoms. The van der Waals surface area contributed by atoms with Crippen LogP contribution >= 0.6 is 0 Å². The van der Waals surface area contributed by atoms with E-state index in [1.165, 1.54) is 0 Å². The van der Waals surface area contributed by atoms with Crippen LogP contribution in [0.1, 0.15) is 12.8 Å². The Hall–Kier alpha value is -0.630. The number of hydrogen-bond acceptors (Lipinski definition) is 4. The molecule has 3 atom stereocenters. The number of nitrogens with zero attached hydrogens (tertiary/aromatic N) is 1. The van der Waals surface area contributed by atoms with E-state index in [1.807, 2.05) is 6.07 Å². The van der Waals surface area contributed by atoms with Crippen LogP contribution in [0.2, 0.25) is 0 Å². The van der Waals surface area contributed by atoms with Crippen LogP contribution in [0.3, 0.4) is 0 Å². The Morgan fingerprint density at radius 3 is 3.23 bits per heavy atom. The second kappa shape index (κ2) is 4.05. The van der Waals surface area contributed by atoms with Gasteiger partial charge in [0.2, 0.25) is 0 Å². The Kier molecular flexibility index (Phi) is 2.79. The van der Waals surface area contributed by atoms with Gasteiger partial charge in [-0.1, -0.05) is 0 Å². The van der Waals surface area contributed by atoms with Crippen LogP contribution in [0, 0.1) is 11.3 Å². The van der Waals surface area contributed by atoms with E-state index >= 15 is 0 Å². The Labute approximate surface area is 77.4 Å². The lowest BCUT2D eigenvalue weighted by Crippen LogP contribution is -2.30. The molecule has 2 rings (SSSR count). The number of nitriles is 1. The third kappa shape index (κ3) is 1.83. The van der Waals surface area contributed by atoms with Crippen LogP contribution in [-0.4, -0.2) is 38.1 Å². The van der Waals surface area contributed by atoms with E-state index in [0.29, 0.717) is 19.6 Å². The average molecular weight is 183 g/mol. The van der Waals surface area contributed by atoms with Crippen LogP contribution in [0.5, 0.6) is 0 Å². The van der Waals surface area contributed by atoms with Crippen LogP contribution in [0.25, 0.3) is 0 Å². The maximum absolute atomic E-state index is 8.34. The molecule has 2 aliphatic rings. The first-order valence-electron chi connectivity index (χ1n) is 4.63. The molecule has 3 unspecified atom stereocenters. The number of rotatable bonds is 3. The summed E-state index contributed by atoms with van der Waals surface area (Å²) in [5.74, 6) is 0. The van der Waals surface area contributed by atoms with Crippen molar-refractivity contribution in [2.75, 3.05) is 19.8 Å². The van der Waals surface area contributed by atoms with E-state index in [9.17, 15) is 0 Å². The largest absolute Gasteiger partial charge is 0.373 e. The third-order valence-corrected chi connectivity index (χ3v) is 2.47. The van der Waals surface area contributed by atoms with Crippen LogP contribution in [-0.2, 0) is 14.2 Å². The van der Waals surface area contributed by atoms with Crippen molar-refractivity contribution in [1.82, 2.24) is 0 Å². The van der Waals surface area contributed by atoms with Gasteiger partial charge < -0.3 is 14.2 Å². The molecule has 2 heterocycles. The molecule has 0 N–H and O–H groups in total. The SMILES string of the molecule is N#CCCOC1COC2CCOC21. The van der Waals surface area contributed by atoms with Crippen molar-refractivity contribution >= 4 is 0 Å². The van der Waals surface area contributed by atoms with Gasteiger partial charge in [0.05, 0.1) is 31.8 Å². The molecule has 0 aliphatic carbocycles. The van der Waals surface area contributed by atoms with Gasteiger partial charge in [-0.25, -0.2) is 0 Å². The zero-order chi connectivity index (χ0) is 9.10. The Bertz CT molecular complexity index is 213. The van der Waals surface area contributed by atoms with Crippen LogP contribution in [0.15, 0.2) is 0 Å². The van der Waals surface area contributed by atoms with Gasteiger partial charge >= 0.3 is 0 Å². The highest BCUT2D eigenvalue weighted by atomic mass is 16.6. The van der Waals surface area contributed by atoms with Gasteiger partial charge in [0.1, 0.15) is 12.2 Å². The first-order valence-corrected chi connectivity index (χ1v) is 4.63. The summed E-state index contributed by atoms with van der Waals surface area (Å²) in [5.41, 5.74) is 0. The third-order valence-electron chi connectivity index (χ3n) is 2.47. The fraction of sp³-hybridized carbons (Fsp3) is 0.889. The van der Waals surface area contributed by atoms with E-state index in [1.54, 1.807) is 0 Å². The zero-order valence-corrected chi connectivity index (χ0v) is 7.44. The monoisotopic (exact) mass is 183 g/mol. The van der Waals surface area contributed by atoms with Gasteiger partial charge in [0.15, 0.2) is 0 Å². The lowest BCUT2D eigenvalue weighted by molar-refractivity contribution is -0.0288. The summed E-state index contributed by atoms with van der Waals surface area (Å²) >= 11 is 0. The van der Waals surface area contributed by atoms with Crippen molar-refractivity contribution in [3.05, 3.63) is 0 Å². The van der Waals surface area contributed by atoms with E-state index < -0.39 is 0 Å². The maximum Gasteiger partial charge on any atom is 0.112 e. The molecule has 0 bridgehead atoms. The highest BCUT2D eigenvalue weighted by Gasteiger charge is 2.42. The molecule has 13 heavy (non-hydrogen) atoms. The molecular formula is C9H13NO3. The van der Waals surface area contributed by atoms with Crippen molar-refractivity contribution in [2.24, 2.45) is 0 Å². The number of hydrogen-bond donors (Lipinski definition) is 0. The molecule has 0 aromatic carbocycles. The van der Waals surface area contributed by atoms with Crippen LogP contribution < -0.4 is 0 Å². The van der Waals surface area contributed by atoms with Crippen molar-refractivity contribution in [3.63, 3.8) is 0 Å². The predicted octanol–water partition coefficient (Wildman–Crippen LogP) is 0.473. The molecule has 0 aromatic heterocycles. The smallest absolute Gasteiger partial charge is 0.112 e. The van der Waals surface area contributed by atoms with Gasteiger partial charge in [0.25, 0.3) is 0 Å². The van der Waals surface area contributed by atoms with E-state index in [2.05, 4.69) is 0 Å². The molecule has 2 fully saturated rings. The first kappa shape index (κ1) is 8.95.